The Balaban J connectivity index is 2.21. The summed E-state index contributed by atoms with van der Waals surface area (Å²) in [6.07, 6.45) is 0. The molecule has 0 spiro atoms. The molecule has 0 atom stereocenters. The van der Waals surface area contributed by atoms with Crippen LogP contribution in [0, 0.1) is 6.92 Å². The molecule has 2 aromatic rings. The standard InChI is InChI=1S/C15H14ClNO2/c1-10-2-3-11(9-18)8-14(10)17-15(19)12-4-6-13(16)7-5-12/h2-8,18H,9H2,1H3,(H,17,19). The second kappa shape index (κ2) is 5.87. The lowest BCUT2D eigenvalue weighted by Crippen LogP contribution is -2.12. The van der Waals surface area contributed by atoms with E-state index in [1.54, 1.807) is 30.3 Å². The van der Waals surface area contributed by atoms with Gasteiger partial charge in [0.15, 0.2) is 0 Å². The highest BCUT2D eigenvalue weighted by molar-refractivity contribution is 6.30. The van der Waals surface area contributed by atoms with Crippen LogP contribution in [0.4, 0.5) is 5.69 Å². The molecule has 2 rings (SSSR count). The van der Waals surface area contributed by atoms with Crippen molar-refractivity contribution in [3.05, 3.63) is 64.2 Å². The predicted molar refractivity (Wildman–Crippen MR) is 76.5 cm³/mol. The molecule has 4 heteroatoms. The van der Waals surface area contributed by atoms with Gasteiger partial charge in [0.05, 0.1) is 6.61 Å². The second-order valence-electron chi connectivity index (χ2n) is 4.27. The molecular weight excluding hydrogens is 262 g/mol. The van der Waals surface area contributed by atoms with E-state index < -0.39 is 0 Å². The average Bonchev–Trinajstić information content (AvgIpc) is 2.42. The molecule has 0 aliphatic heterocycles. The molecule has 0 heterocycles. The number of hydrogen-bond acceptors (Lipinski definition) is 2. The number of halogens is 1. The predicted octanol–water partition coefficient (Wildman–Crippen LogP) is 3.39. The van der Waals surface area contributed by atoms with E-state index in [1.807, 2.05) is 19.1 Å². The minimum atomic E-state index is -0.199. The first-order valence-electron chi connectivity index (χ1n) is 5.87. The van der Waals surface area contributed by atoms with Crippen molar-refractivity contribution in [2.45, 2.75) is 13.5 Å². The van der Waals surface area contributed by atoms with Gasteiger partial charge in [0.2, 0.25) is 0 Å². The van der Waals surface area contributed by atoms with Crippen LogP contribution in [-0.4, -0.2) is 11.0 Å². The lowest BCUT2D eigenvalue weighted by atomic mass is 10.1. The number of carbonyl (C=O) groups excluding carboxylic acids is 1. The number of amides is 1. The zero-order valence-electron chi connectivity index (χ0n) is 10.5. The van der Waals surface area contributed by atoms with E-state index in [9.17, 15) is 4.79 Å². The molecule has 0 saturated carbocycles. The lowest BCUT2D eigenvalue weighted by Gasteiger charge is -2.10. The molecular formula is C15H14ClNO2. The van der Waals surface area contributed by atoms with Gasteiger partial charge in [-0.05, 0) is 48.4 Å². The fraction of sp³-hybridized carbons (Fsp3) is 0.133. The Morgan fingerprint density at radius 3 is 2.53 bits per heavy atom. The van der Waals surface area contributed by atoms with Crippen molar-refractivity contribution in [3.8, 4) is 0 Å². The number of anilines is 1. The van der Waals surface area contributed by atoms with E-state index in [1.165, 1.54) is 0 Å². The topological polar surface area (TPSA) is 49.3 Å². The van der Waals surface area contributed by atoms with Crippen LogP contribution >= 0.6 is 11.6 Å². The van der Waals surface area contributed by atoms with Crippen molar-refractivity contribution in [3.63, 3.8) is 0 Å². The summed E-state index contributed by atoms with van der Waals surface area (Å²) in [4.78, 5) is 12.1. The van der Waals surface area contributed by atoms with E-state index in [0.717, 1.165) is 11.1 Å². The van der Waals surface area contributed by atoms with Crippen LogP contribution in [-0.2, 0) is 6.61 Å². The monoisotopic (exact) mass is 275 g/mol. The van der Waals surface area contributed by atoms with Crippen LogP contribution in [0.15, 0.2) is 42.5 Å². The minimum absolute atomic E-state index is 0.0515. The van der Waals surface area contributed by atoms with Gasteiger partial charge in [0.25, 0.3) is 5.91 Å². The normalized spacial score (nSPS) is 10.3. The number of benzene rings is 2. The van der Waals surface area contributed by atoms with Gasteiger partial charge < -0.3 is 10.4 Å². The van der Waals surface area contributed by atoms with Gasteiger partial charge in [0, 0.05) is 16.3 Å². The first-order valence-corrected chi connectivity index (χ1v) is 6.25. The summed E-state index contributed by atoms with van der Waals surface area (Å²) in [6, 6.07) is 12.1. The number of nitrogens with one attached hydrogen (secondary N) is 1. The largest absolute Gasteiger partial charge is 0.392 e. The minimum Gasteiger partial charge on any atom is -0.392 e. The molecule has 19 heavy (non-hydrogen) atoms. The smallest absolute Gasteiger partial charge is 0.255 e. The molecule has 2 N–H and O–H groups in total. The van der Waals surface area contributed by atoms with Crippen LogP contribution in [0.25, 0.3) is 0 Å². The molecule has 0 saturated heterocycles. The molecule has 0 aromatic heterocycles. The number of aliphatic hydroxyl groups excluding tert-OH is 1. The number of aryl methyl sites for hydroxylation is 1. The number of aliphatic hydroxyl groups is 1. The van der Waals surface area contributed by atoms with Gasteiger partial charge in [-0.1, -0.05) is 23.7 Å². The Hall–Kier alpha value is -1.84. The summed E-state index contributed by atoms with van der Waals surface area (Å²) < 4.78 is 0. The molecule has 98 valence electrons. The molecule has 0 aliphatic carbocycles. The maximum absolute atomic E-state index is 12.1. The highest BCUT2D eigenvalue weighted by Crippen LogP contribution is 2.18. The van der Waals surface area contributed by atoms with Crippen molar-refractivity contribution in [1.29, 1.82) is 0 Å². The second-order valence-corrected chi connectivity index (χ2v) is 4.70. The lowest BCUT2D eigenvalue weighted by molar-refractivity contribution is 0.102. The fourth-order valence-corrected chi connectivity index (χ4v) is 1.82. The van der Waals surface area contributed by atoms with Crippen LogP contribution in [0.2, 0.25) is 5.02 Å². The summed E-state index contributed by atoms with van der Waals surface area (Å²) in [5.74, 6) is -0.199. The Morgan fingerprint density at radius 1 is 1.21 bits per heavy atom. The molecule has 1 amide bonds. The number of carbonyl (C=O) groups is 1. The van der Waals surface area contributed by atoms with Crippen LogP contribution in [0.3, 0.4) is 0 Å². The maximum atomic E-state index is 12.1. The third kappa shape index (κ3) is 3.34. The summed E-state index contributed by atoms with van der Waals surface area (Å²) in [5, 5.41) is 12.5. The summed E-state index contributed by atoms with van der Waals surface area (Å²) >= 11 is 5.78. The van der Waals surface area contributed by atoms with Gasteiger partial charge in [-0.15, -0.1) is 0 Å². The van der Waals surface area contributed by atoms with E-state index in [-0.39, 0.29) is 12.5 Å². The van der Waals surface area contributed by atoms with Crippen molar-refractivity contribution >= 4 is 23.2 Å². The highest BCUT2D eigenvalue weighted by atomic mass is 35.5. The molecule has 2 aromatic carbocycles. The molecule has 0 fully saturated rings. The van der Waals surface area contributed by atoms with Gasteiger partial charge >= 0.3 is 0 Å². The molecule has 0 aliphatic rings. The third-order valence-electron chi connectivity index (χ3n) is 2.84. The summed E-state index contributed by atoms with van der Waals surface area (Å²) in [5.41, 5.74) is 2.95. The van der Waals surface area contributed by atoms with Crippen molar-refractivity contribution in [2.75, 3.05) is 5.32 Å². The molecule has 3 nitrogen and oxygen atoms in total. The van der Waals surface area contributed by atoms with Crippen molar-refractivity contribution in [2.24, 2.45) is 0 Å². The van der Waals surface area contributed by atoms with Crippen molar-refractivity contribution in [1.82, 2.24) is 0 Å². The quantitative estimate of drug-likeness (QED) is 0.902. The van der Waals surface area contributed by atoms with E-state index in [0.29, 0.717) is 16.3 Å². The highest BCUT2D eigenvalue weighted by Gasteiger charge is 2.08. The zero-order valence-corrected chi connectivity index (χ0v) is 11.2. The van der Waals surface area contributed by atoms with Crippen molar-refractivity contribution < 1.29 is 9.90 Å². The molecule has 0 radical (unpaired) electrons. The average molecular weight is 276 g/mol. The fourth-order valence-electron chi connectivity index (χ4n) is 1.70. The summed E-state index contributed by atoms with van der Waals surface area (Å²) in [6.45, 7) is 1.85. The maximum Gasteiger partial charge on any atom is 0.255 e. The third-order valence-corrected chi connectivity index (χ3v) is 3.09. The number of hydrogen-bond donors (Lipinski definition) is 2. The number of rotatable bonds is 3. The molecule has 0 unspecified atom stereocenters. The SMILES string of the molecule is Cc1ccc(CO)cc1NC(=O)c1ccc(Cl)cc1. The Bertz CT molecular complexity index is 594. The van der Waals surface area contributed by atoms with E-state index in [4.69, 9.17) is 16.7 Å². The Morgan fingerprint density at radius 2 is 1.89 bits per heavy atom. The summed E-state index contributed by atoms with van der Waals surface area (Å²) in [7, 11) is 0. The van der Waals surface area contributed by atoms with Crippen LogP contribution in [0.5, 0.6) is 0 Å². The van der Waals surface area contributed by atoms with E-state index >= 15 is 0 Å². The first kappa shape index (κ1) is 13.6. The first-order chi connectivity index (χ1) is 9.10. The van der Waals surface area contributed by atoms with Gasteiger partial charge in [-0.3, -0.25) is 4.79 Å². The van der Waals surface area contributed by atoms with Gasteiger partial charge in [-0.2, -0.15) is 0 Å². The zero-order chi connectivity index (χ0) is 13.8. The molecule has 0 bridgehead atoms. The Labute approximate surface area is 116 Å². The van der Waals surface area contributed by atoms with Gasteiger partial charge in [-0.25, -0.2) is 0 Å². The van der Waals surface area contributed by atoms with Crippen LogP contribution in [0.1, 0.15) is 21.5 Å². The Kier molecular flexibility index (Phi) is 4.20. The van der Waals surface area contributed by atoms with Gasteiger partial charge in [0.1, 0.15) is 0 Å². The van der Waals surface area contributed by atoms with E-state index in [2.05, 4.69) is 5.32 Å². The van der Waals surface area contributed by atoms with Crippen LogP contribution < -0.4 is 5.32 Å².